The first-order chi connectivity index (χ1) is 9.54. The summed E-state index contributed by atoms with van der Waals surface area (Å²) < 4.78 is 4.93. The lowest BCUT2D eigenvalue weighted by Crippen LogP contribution is -2.16. The lowest BCUT2D eigenvalue weighted by atomic mass is 10.1. The van der Waals surface area contributed by atoms with E-state index in [1.165, 1.54) is 11.1 Å². The highest BCUT2D eigenvalue weighted by Crippen LogP contribution is 2.14. The van der Waals surface area contributed by atoms with Gasteiger partial charge in [0.25, 0.3) is 0 Å². The molecule has 0 saturated carbocycles. The van der Waals surface area contributed by atoms with Gasteiger partial charge < -0.3 is 15.2 Å². The third-order valence-electron chi connectivity index (χ3n) is 3.08. The molecule has 0 spiro atoms. The number of aryl methyl sites for hydroxylation is 3. The molecule has 2 aromatic rings. The maximum absolute atomic E-state index is 11.8. The zero-order chi connectivity index (χ0) is 14.5. The molecule has 20 heavy (non-hydrogen) atoms. The number of hydrogen-bond donors (Lipinski definition) is 2. The molecule has 0 aliphatic rings. The van der Waals surface area contributed by atoms with Crippen molar-refractivity contribution in [2.75, 3.05) is 17.2 Å². The second kappa shape index (κ2) is 6.23. The molecule has 1 heterocycles. The molecule has 0 bridgehead atoms. The van der Waals surface area contributed by atoms with Crippen LogP contribution in [0.5, 0.6) is 0 Å². The summed E-state index contributed by atoms with van der Waals surface area (Å²) in [5.74, 6) is 1.37. The maximum Gasteiger partial charge on any atom is 0.226 e. The third-order valence-corrected chi connectivity index (χ3v) is 3.08. The van der Waals surface area contributed by atoms with Gasteiger partial charge in [-0.1, -0.05) is 11.2 Å². The fraction of sp³-hybridized carbons (Fsp3) is 0.333. The molecule has 5 nitrogen and oxygen atoms in total. The zero-order valence-corrected chi connectivity index (χ0v) is 12.0. The summed E-state index contributed by atoms with van der Waals surface area (Å²) in [7, 11) is 0. The van der Waals surface area contributed by atoms with E-state index in [1.54, 1.807) is 6.07 Å². The van der Waals surface area contributed by atoms with Crippen LogP contribution in [0.25, 0.3) is 0 Å². The lowest BCUT2D eigenvalue weighted by molar-refractivity contribution is -0.115. The van der Waals surface area contributed by atoms with Gasteiger partial charge in [-0.3, -0.25) is 4.79 Å². The molecule has 0 atom stereocenters. The number of anilines is 2. The van der Waals surface area contributed by atoms with Crippen LogP contribution >= 0.6 is 0 Å². The quantitative estimate of drug-likeness (QED) is 0.878. The second-order valence-corrected chi connectivity index (χ2v) is 4.85. The van der Waals surface area contributed by atoms with Crippen LogP contribution in [0.3, 0.4) is 0 Å². The smallest absolute Gasteiger partial charge is 0.226 e. The van der Waals surface area contributed by atoms with Gasteiger partial charge in [-0.2, -0.15) is 0 Å². The van der Waals surface area contributed by atoms with Crippen LogP contribution in [0.4, 0.5) is 11.5 Å². The summed E-state index contributed by atoms with van der Waals surface area (Å²) in [6.45, 7) is 6.41. The lowest BCUT2D eigenvalue weighted by Gasteiger charge is -2.08. The molecule has 2 N–H and O–H groups in total. The second-order valence-electron chi connectivity index (χ2n) is 4.85. The number of carbonyl (C=O) groups is 1. The van der Waals surface area contributed by atoms with E-state index in [2.05, 4.69) is 15.8 Å². The minimum atomic E-state index is -0.0269. The van der Waals surface area contributed by atoms with Gasteiger partial charge in [-0.25, -0.2) is 0 Å². The summed E-state index contributed by atoms with van der Waals surface area (Å²) in [5, 5.41) is 9.72. The molecule has 5 heteroatoms. The van der Waals surface area contributed by atoms with E-state index in [9.17, 15) is 4.79 Å². The number of benzene rings is 1. The molecule has 0 radical (unpaired) electrons. The molecule has 1 aromatic carbocycles. The Morgan fingerprint density at radius 1 is 1.20 bits per heavy atom. The number of nitrogens with one attached hydrogen (secondary N) is 2. The number of hydrogen-bond acceptors (Lipinski definition) is 4. The van der Waals surface area contributed by atoms with Crippen LogP contribution in [-0.4, -0.2) is 17.6 Å². The van der Waals surface area contributed by atoms with Crippen LogP contribution in [-0.2, 0) is 4.79 Å². The van der Waals surface area contributed by atoms with E-state index in [0.717, 1.165) is 11.4 Å². The Kier molecular flexibility index (Phi) is 4.40. The van der Waals surface area contributed by atoms with Gasteiger partial charge in [0.1, 0.15) is 5.76 Å². The predicted octanol–water partition coefficient (Wildman–Crippen LogP) is 3.04. The van der Waals surface area contributed by atoms with Crippen LogP contribution in [0, 0.1) is 20.8 Å². The summed E-state index contributed by atoms with van der Waals surface area (Å²) in [4.78, 5) is 11.8. The molecule has 2 rings (SSSR count). The summed E-state index contributed by atoms with van der Waals surface area (Å²) in [6.07, 6.45) is 0.374. The monoisotopic (exact) mass is 273 g/mol. The molecular weight excluding hydrogens is 254 g/mol. The topological polar surface area (TPSA) is 67.2 Å². The number of carbonyl (C=O) groups excluding carboxylic acids is 1. The van der Waals surface area contributed by atoms with Gasteiger partial charge in [0.2, 0.25) is 5.91 Å². The number of nitrogens with zero attached hydrogens (tertiary/aromatic N) is 1. The van der Waals surface area contributed by atoms with Crippen molar-refractivity contribution in [3.05, 3.63) is 41.2 Å². The standard InChI is InChI=1S/C15H19N3O2/c1-10-4-5-13(8-11(10)2)17-15(19)6-7-16-14-9-12(3)20-18-14/h4-5,8-9H,6-7H2,1-3H3,(H,16,18)(H,17,19). The highest BCUT2D eigenvalue weighted by atomic mass is 16.5. The van der Waals surface area contributed by atoms with E-state index >= 15 is 0 Å². The van der Waals surface area contributed by atoms with Gasteiger partial charge in [0.05, 0.1) is 0 Å². The Balaban J connectivity index is 1.79. The maximum atomic E-state index is 11.8. The van der Waals surface area contributed by atoms with Crippen molar-refractivity contribution < 1.29 is 9.32 Å². The molecule has 1 aromatic heterocycles. The van der Waals surface area contributed by atoms with Gasteiger partial charge in [-0.15, -0.1) is 0 Å². The van der Waals surface area contributed by atoms with Gasteiger partial charge in [0.15, 0.2) is 5.82 Å². The van der Waals surface area contributed by atoms with Crippen molar-refractivity contribution in [1.29, 1.82) is 0 Å². The fourth-order valence-corrected chi connectivity index (χ4v) is 1.80. The normalized spacial score (nSPS) is 10.3. The number of amides is 1. The van der Waals surface area contributed by atoms with Crippen LogP contribution in [0.15, 0.2) is 28.8 Å². The molecule has 1 amide bonds. The number of aromatic nitrogens is 1. The van der Waals surface area contributed by atoms with Crippen molar-refractivity contribution in [3.63, 3.8) is 0 Å². The van der Waals surface area contributed by atoms with E-state index in [4.69, 9.17) is 4.52 Å². The minimum Gasteiger partial charge on any atom is -0.367 e. The van der Waals surface area contributed by atoms with E-state index in [1.807, 2.05) is 39.0 Å². The Labute approximate surface area is 118 Å². The van der Waals surface area contributed by atoms with Crippen LogP contribution in [0.2, 0.25) is 0 Å². The SMILES string of the molecule is Cc1cc(NCCC(=O)Nc2ccc(C)c(C)c2)no1. The van der Waals surface area contributed by atoms with E-state index in [0.29, 0.717) is 18.8 Å². The fourth-order valence-electron chi connectivity index (χ4n) is 1.80. The Morgan fingerprint density at radius 3 is 2.65 bits per heavy atom. The first-order valence-electron chi connectivity index (χ1n) is 6.59. The average molecular weight is 273 g/mol. The van der Waals surface area contributed by atoms with Gasteiger partial charge >= 0.3 is 0 Å². The van der Waals surface area contributed by atoms with Crippen molar-refractivity contribution in [1.82, 2.24) is 5.16 Å². The minimum absolute atomic E-state index is 0.0269. The number of rotatable bonds is 5. The third kappa shape index (κ3) is 3.85. The van der Waals surface area contributed by atoms with Crippen molar-refractivity contribution in [2.24, 2.45) is 0 Å². The summed E-state index contributed by atoms with van der Waals surface area (Å²) in [5.41, 5.74) is 3.21. The largest absolute Gasteiger partial charge is 0.367 e. The molecule has 0 saturated heterocycles. The highest BCUT2D eigenvalue weighted by molar-refractivity contribution is 5.91. The first kappa shape index (κ1) is 14.1. The van der Waals surface area contributed by atoms with Gasteiger partial charge in [0, 0.05) is 24.7 Å². The molecule has 106 valence electrons. The molecule has 0 aliphatic carbocycles. The van der Waals surface area contributed by atoms with Crippen LogP contribution in [0.1, 0.15) is 23.3 Å². The van der Waals surface area contributed by atoms with E-state index in [-0.39, 0.29) is 5.91 Å². The van der Waals surface area contributed by atoms with Crippen LogP contribution < -0.4 is 10.6 Å². The Morgan fingerprint density at radius 2 is 2.00 bits per heavy atom. The summed E-state index contributed by atoms with van der Waals surface area (Å²) >= 11 is 0. The molecule has 0 unspecified atom stereocenters. The Bertz CT molecular complexity index is 605. The molecule has 0 aliphatic heterocycles. The van der Waals surface area contributed by atoms with Gasteiger partial charge in [-0.05, 0) is 44.0 Å². The first-order valence-corrected chi connectivity index (χ1v) is 6.59. The van der Waals surface area contributed by atoms with Crippen molar-refractivity contribution in [2.45, 2.75) is 27.2 Å². The molecular formula is C15H19N3O2. The summed E-state index contributed by atoms with van der Waals surface area (Å²) in [6, 6.07) is 7.68. The van der Waals surface area contributed by atoms with Crippen molar-refractivity contribution in [3.8, 4) is 0 Å². The highest BCUT2D eigenvalue weighted by Gasteiger charge is 2.04. The predicted molar refractivity (Wildman–Crippen MR) is 78.9 cm³/mol. The average Bonchev–Trinajstić information content (AvgIpc) is 2.80. The zero-order valence-electron chi connectivity index (χ0n) is 12.0. The van der Waals surface area contributed by atoms with Crippen molar-refractivity contribution >= 4 is 17.4 Å². The van der Waals surface area contributed by atoms with E-state index < -0.39 is 0 Å². The Hall–Kier alpha value is -2.30. The molecule has 0 fully saturated rings.